The van der Waals surface area contributed by atoms with Crippen LogP contribution >= 0.6 is 0 Å². The van der Waals surface area contributed by atoms with Gasteiger partial charge in [-0.25, -0.2) is 0 Å². The topological polar surface area (TPSA) is 50.4 Å². The Morgan fingerprint density at radius 3 is 3.17 bits per heavy atom. The molecule has 0 spiro atoms. The third kappa shape index (κ3) is 2.20. The summed E-state index contributed by atoms with van der Waals surface area (Å²) < 4.78 is 0. The van der Waals surface area contributed by atoms with E-state index in [4.69, 9.17) is 5.73 Å². The van der Waals surface area contributed by atoms with E-state index >= 15 is 0 Å². The Morgan fingerprint density at radius 2 is 2.50 bits per heavy atom. The van der Waals surface area contributed by atoms with Gasteiger partial charge in [-0.15, -0.1) is 0 Å². The normalized spacial score (nSPS) is 23.4. The maximum Gasteiger partial charge on any atom is 0.102 e. The first-order valence-corrected chi connectivity index (χ1v) is 4.14. The van der Waals surface area contributed by atoms with Crippen molar-refractivity contribution in [3.63, 3.8) is 0 Å². The average Bonchev–Trinajstić information content (AvgIpc) is 2.07. The van der Waals surface area contributed by atoms with Gasteiger partial charge in [0.05, 0.1) is 0 Å². The van der Waals surface area contributed by atoms with Crippen LogP contribution in [0, 0.1) is 0 Å². The van der Waals surface area contributed by atoms with E-state index in [1.165, 1.54) is 5.57 Å². The predicted molar refractivity (Wildman–Crippen MR) is 52.0 cm³/mol. The SMILES string of the molecule is CCN=CC1=CC(C)=CNC1N. The second kappa shape index (κ2) is 4.07. The molecule has 66 valence electrons. The van der Waals surface area contributed by atoms with Gasteiger partial charge in [-0.05, 0) is 25.5 Å². The van der Waals surface area contributed by atoms with Crippen LogP contribution in [-0.4, -0.2) is 18.9 Å². The summed E-state index contributed by atoms with van der Waals surface area (Å²) in [6.45, 7) is 4.83. The van der Waals surface area contributed by atoms with Crippen LogP contribution < -0.4 is 11.1 Å². The molecule has 0 saturated heterocycles. The van der Waals surface area contributed by atoms with Crippen LogP contribution in [0.4, 0.5) is 0 Å². The first kappa shape index (κ1) is 9.00. The van der Waals surface area contributed by atoms with Crippen LogP contribution in [0.15, 0.2) is 28.4 Å². The third-order valence-electron chi connectivity index (χ3n) is 1.67. The molecule has 0 bridgehead atoms. The van der Waals surface area contributed by atoms with Crippen molar-refractivity contribution in [3.05, 3.63) is 23.4 Å². The summed E-state index contributed by atoms with van der Waals surface area (Å²) in [5.74, 6) is 0. The Labute approximate surface area is 73.1 Å². The van der Waals surface area contributed by atoms with Gasteiger partial charge in [-0.1, -0.05) is 0 Å². The highest BCUT2D eigenvalue weighted by Crippen LogP contribution is 2.06. The van der Waals surface area contributed by atoms with Crippen LogP contribution in [0.3, 0.4) is 0 Å². The summed E-state index contributed by atoms with van der Waals surface area (Å²) in [5.41, 5.74) is 7.98. The van der Waals surface area contributed by atoms with Crippen molar-refractivity contribution < 1.29 is 0 Å². The Hall–Kier alpha value is -1.09. The molecule has 0 radical (unpaired) electrons. The summed E-state index contributed by atoms with van der Waals surface area (Å²) in [6.07, 6.45) is 5.67. The fraction of sp³-hybridized carbons (Fsp3) is 0.444. The molecule has 3 N–H and O–H groups in total. The van der Waals surface area contributed by atoms with Gasteiger partial charge in [-0.2, -0.15) is 0 Å². The number of nitrogens with zero attached hydrogens (tertiary/aromatic N) is 1. The monoisotopic (exact) mass is 165 g/mol. The molecule has 1 heterocycles. The highest BCUT2D eigenvalue weighted by Gasteiger charge is 2.08. The zero-order chi connectivity index (χ0) is 8.97. The van der Waals surface area contributed by atoms with Gasteiger partial charge < -0.3 is 11.1 Å². The Kier molecular flexibility index (Phi) is 3.05. The summed E-state index contributed by atoms with van der Waals surface area (Å²) in [5, 5.41) is 3.05. The lowest BCUT2D eigenvalue weighted by atomic mass is 10.1. The fourth-order valence-corrected chi connectivity index (χ4v) is 1.03. The molecule has 0 aromatic carbocycles. The summed E-state index contributed by atoms with van der Waals surface area (Å²) >= 11 is 0. The zero-order valence-electron chi connectivity index (χ0n) is 7.54. The van der Waals surface area contributed by atoms with Gasteiger partial charge in [-0.3, -0.25) is 4.99 Å². The number of allylic oxidation sites excluding steroid dienone is 2. The summed E-state index contributed by atoms with van der Waals surface area (Å²) in [6, 6.07) is 0. The molecule has 0 saturated carbocycles. The number of nitrogens with one attached hydrogen (secondary N) is 1. The number of aliphatic imine (C=N–C) groups is 1. The molecule has 12 heavy (non-hydrogen) atoms. The van der Waals surface area contributed by atoms with Crippen molar-refractivity contribution in [3.8, 4) is 0 Å². The minimum Gasteiger partial charge on any atom is -0.372 e. The average molecular weight is 165 g/mol. The zero-order valence-corrected chi connectivity index (χ0v) is 7.54. The van der Waals surface area contributed by atoms with Gasteiger partial charge in [0.15, 0.2) is 0 Å². The molecule has 3 heteroatoms. The third-order valence-corrected chi connectivity index (χ3v) is 1.67. The molecule has 1 aliphatic rings. The molecular formula is C9H15N3. The fourth-order valence-electron chi connectivity index (χ4n) is 1.03. The molecule has 1 rings (SSSR count). The highest BCUT2D eigenvalue weighted by molar-refractivity contribution is 5.81. The van der Waals surface area contributed by atoms with Gasteiger partial charge >= 0.3 is 0 Å². The maximum atomic E-state index is 5.77. The maximum absolute atomic E-state index is 5.77. The minimum absolute atomic E-state index is 0.107. The molecular weight excluding hydrogens is 150 g/mol. The van der Waals surface area contributed by atoms with E-state index in [1.54, 1.807) is 0 Å². The summed E-state index contributed by atoms with van der Waals surface area (Å²) in [7, 11) is 0. The van der Waals surface area contributed by atoms with E-state index < -0.39 is 0 Å². The number of rotatable bonds is 2. The Bertz CT molecular complexity index is 238. The van der Waals surface area contributed by atoms with Crippen LogP contribution in [0.1, 0.15) is 13.8 Å². The van der Waals surface area contributed by atoms with Crippen LogP contribution in [0.2, 0.25) is 0 Å². The Balaban J connectivity index is 2.72. The lowest BCUT2D eigenvalue weighted by Crippen LogP contribution is -2.38. The van der Waals surface area contributed by atoms with Crippen LogP contribution in [-0.2, 0) is 0 Å². The Morgan fingerprint density at radius 1 is 1.75 bits per heavy atom. The minimum atomic E-state index is -0.107. The lowest BCUT2D eigenvalue weighted by molar-refractivity contribution is 0.704. The quantitative estimate of drug-likeness (QED) is 0.594. The van der Waals surface area contributed by atoms with Crippen molar-refractivity contribution in [2.24, 2.45) is 10.7 Å². The predicted octanol–water partition coefficient (Wildman–Crippen LogP) is 0.795. The van der Waals surface area contributed by atoms with Crippen molar-refractivity contribution in [1.82, 2.24) is 5.32 Å². The second-order valence-corrected chi connectivity index (χ2v) is 2.80. The molecule has 3 nitrogen and oxygen atoms in total. The highest BCUT2D eigenvalue weighted by atomic mass is 15.0. The van der Waals surface area contributed by atoms with Crippen molar-refractivity contribution in [2.75, 3.05) is 6.54 Å². The van der Waals surface area contributed by atoms with Crippen molar-refractivity contribution in [1.29, 1.82) is 0 Å². The number of hydrogen-bond donors (Lipinski definition) is 2. The lowest BCUT2D eigenvalue weighted by Gasteiger charge is -2.17. The molecule has 1 unspecified atom stereocenters. The van der Waals surface area contributed by atoms with Crippen LogP contribution in [0.25, 0.3) is 0 Å². The van der Waals surface area contributed by atoms with E-state index in [2.05, 4.69) is 10.3 Å². The largest absolute Gasteiger partial charge is 0.372 e. The number of dihydropyridines is 1. The van der Waals surface area contributed by atoms with Crippen molar-refractivity contribution in [2.45, 2.75) is 20.0 Å². The van der Waals surface area contributed by atoms with Gasteiger partial charge in [0, 0.05) is 24.5 Å². The van der Waals surface area contributed by atoms with E-state index in [0.717, 1.165) is 12.1 Å². The van der Waals surface area contributed by atoms with Crippen LogP contribution in [0.5, 0.6) is 0 Å². The van der Waals surface area contributed by atoms with Gasteiger partial charge in [0.25, 0.3) is 0 Å². The molecule has 0 aromatic rings. The molecule has 0 aromatic heterocycles. The first-order valence-electron chi connectivity index (χ1n) is 4.14. The van der Waals surface area contributed by atoms with E-state index in [9.17, 15) is 0 Å². The van der Waals surface area contributed by atoms with Gasteiger partial charge in [0.1, 0.15) is 6.17 Å². The second-order valence-electron chi connectivity index (χ2n) is 2.80. The van der Waals surface area contributed by atoms with Crippen molar-refractivity contribution >= 4 is 6.21 Å². The molecule has 0 aliphatic carbocycles. The number of hydrogen-bond acceptors (Lipinski definition) is 3. The summed E-state index contributed by atoms with van der Waals surface area (Å²) in [4.78, 5) is 4.14. The molecule has 0 fully saturated rings. The first-order chi connectivity index (χ1) is 5.74. The standard InChI is InChI=1S/C9H15N3/c1-3-11-6-8-4-7(2)5-12-9(8)10/h4-6,9,12H,3,10H2,1-2H3. The van der Waals surface area contributed by atoms with E-state index in [1.807, 2.05) is 32.3 Å². The smallest absolute Gasteiger partial charge is 0.102 e. The molecule has 1 aliphatic heterocycles. The molecule has 1 atom stereocenters. The van der Waals surface area contributed by atoms with E-state index in [0.29, 0.717) is 0 Å². The van der Waals surface area contributed by atoms with Gasteiger partial charge in [0.2, 0.25) is 0 Å². The molecule has 0 amide bonds. The number of nitrogens with two attached hydrogens (primary N) is 1. The van der Waals surface area contributed by atoms with E-state index in [-0.39, 0.29) is 6.17 Å².